The van der Waals surface area contributed by atoms with Crippen LogP contribution >= 0.6 is 0 Å². The maximum atomic E-state index is 13.1. The number of carbonyl (C=O) groups is 1. The van der Waals surface area contributed by atoms with Gasteiger partial charge in [-0.2, -0.15) is 0 Å². The van der Waals surface area contributed by atoms with E-state index < -0.39 is 0 Å². The van der Waals surface area contributed by atoms with Crippen LogP contribution in [0.2, 0.25) is 0 Å². The number of hydrogen-bond donors (Lipinski definition) is 2. The Morgan fingerprint density at radius 2 is 1.92 bits per heavy atom. The van der Waals surface area contributed by atoms with Crippen molar-refractivity contribution in [2.45, 2.75) is 69.1 Å². The van der Waals surface area contributed by atoms with Gasteiger partial charge in [0.05, 0.1) is 12.0 Å². The highest BCUT2D eigenvalue weighted by molar-refractivity contribution is 5.81. The third-order valence-electron chi connectivity index (χ3n) is 7.31. The van der Waals surface area contributed by atoms with Gasteiger partial charge in [-0.3, -0.25) is 4.79 Å². The van der Waals surface area contributed by atoms with Gasteiger partial charge in [0.2, 0.25) is 5.91 Å². The lowest BCUT2D eigenvalue weighted by atomic mass is 9.82. The zero-order valence-electron chi connectivity index (χ0n) is 14.7. The molecule has 3 fully saturated rings. The average molecular weight is 340 g/mol. The maximum Gasteiger partial charge on any atom is 0.225 e. The number of benzene rings is 1. The minimum absolute atomic E-state index is 0.00767. The van der Waals surface area contributed by atoms with Crippen molar-refractivity contribution in [2.24, 2.45) is 23.5 Å². The van der Waals surface area contributed by atoms with Crippen LogP contribution in [0.25, 0.3) is 0 Å². The molecule has 3 aliphatic carbocycles. The van der Waals surface area contributed by atoms with Crippen LogP contribution in [0.15, 0.2) is 24.3 Å². The van der Waals surface area contributed by atoms with E-state index in [0.717, 1.165) is 37.0 Å². The summed E-state index contributed by atoms with van der Waals surface area (Å²) in [5.41, 5.74) is 7.44. The minimum atomic E-state index is -0.0803. The Hall–Kier alpha value is -1.55. The smallest absolute Gasteiger partial charge is 0.225 e. The van der Waals surface area contributed by atoms with Crippen molar-refractivity contribution >= 4 is 5.91 Å². The fraction of sp³-hybridized carbons (Fsp3) is 0.667. The molecule has 3 saturated carbocycles. The summed E-state index contributed by atoms with van der Waals surface area (Å²) in [4.78, 5) is 13.1. The molecule has 2 bridgehead atoms. The Balaban J connectivity index is 1.40. The van der Waals surface area contributed by atoms with E-state index in [2.05, 4.69) is 17.4 Å². The summed E-state index contributed by atoms with van der Waals surface area (Å²) in [5, 5.41) is 3.38. The van der Waals surface area contributed by atoms with Gasteiger partial charge in [-0.25, -0.2) is 0 Å². The molecule has 134 valence electrons. The zero-order chi connectivity index (χ0) is 17.0. The molecule has 4 aliphatic rings. The molecule has 1 spiro atoms. The van der Waals surface area contributed by atoms with E-state index in [9.17, 15) is 4.79 Å². The first kappa shape index (κ1) is 15.7. The molecule has 1 aromatic rings. The van der Waals surface area contributed by atoms with Crippen molar-refractivity contribution in [1.82, 2.24) is 5.32 Å². The van der Waals surface area contributed by atoms with Crippen LogP contribution in [0.4, 0.5) is 0 Å². The number of nitrogens with two attached hydrogens (primary N) is 1. The molecule has 1 aromatic carbocycles. The molecular formula is C21H28N2O2. The van der Waals surface area contributed by atoms with Crippen molar-refractivity contribution in [3.63, 3.8) is 0 Å². The first-order chi connectivity index (χ1) is 12.2. The quantitative estimate of drug-likeness (QED) is 0.868. The predicted molar refractivity (Wildman–Crippen MR) is 96.1 cm³/mol. The van der Waals surface area contributed by atoms with Crippen LogP contribution < -0.4 is 15.8 Å². The van der Waals surface area contributed by atoms with Gasteiger partial charge in [-0.1, -0.05) is 18.2 Å². The van der Waals surface area contributed by atoms with E-state index in [1.54, 1.807) is 0 Å². The van der Waals surface area contributed by atoms with Crippen molar-refractivity contribution in [3.05, 3.63) is 29.8 Å². The van der Waals surface area contributed by atoms with Crippen LogP contribution in [0.5, 0.6) is 5.75 Å². The predicted octanol–water partition coefficient (Wildman–Crippen LogP) is 3.31. The molecule has 5 atom stereocenters. The van der Waals surface area contributed by atoms with Crippen LogP contribution in [0, 0.1) is 17.8 Å². The van der Waals surface area contributed by atoms with Crippen LogP contribution in [0.3, 0.4) is 0 Å². The highest BCUT2D eigenvalue weighted by Gasteiger charge is 2.50. The van der Waals surface area contributed by atoms with E-state index in [1.807, 2.05) is 12.1 Å². The normalized spacial score (nSPS) is 37.7. The first-order valence-electron chi connectivity index (χ1n) is 9.99. The number of hydrogen-bond acceptors (Lipinski definition) is 3. The van der Waals surface area contributed by atoms with Gasteiger partial charge in [0.1, 0.15) is 11.4 Å². The summed E-state index contributed by atoms with van der Waals surface area (Å²) < 4.78 is 6.41. The van der Waals surface area contributed by atoms with E-state index in [0.29, 0.717) is 11.8 Å². The van der Waals surface area contributed by atoms with E-state index in [-0.39, 0.29) is 29.5 Å². The Morgan fingerprint density at radius 1 is 1.16 bits per heavy atom. The van der Waals surface area contributed by atoms with Gasteiger partial charge in [-0.15, -0.1) is 0 Å². The van der Waals surface area contributed by atoms with Crippen molar-refractivity contribution < 1.29 is 9.53 Å². The third-order valence-corrected chi connectivity index (χ3v) is 7.31. The summed E-state index contributed by atoms with van der Waals surface area (Å²) in [6, 6.07) is 8.32. The number of ether oxygens (including phenoxy) is 1. The van der Waals surface area contributed by atoms with Crippen molar-refractivity contribution in [1.29, 1.82) is 0 Å². The lowest BCUT2D eigenvalue weighted by molar-refractivity contribution is -0.128. The molecule has 1 heterocycles. The van der Waals surface area contributed by atoms with Gasteiger partial charge >= 0.3 is 0 Å². The van der Waals surface area contributed by atoms with Crippen LogP contribution in [0.1, 0.15) is 63.0 Å². The lowest BCUT2D eigenvalue weighted by Gasteiger charge is -2.41. The minimum Gasteiger partial charge on any atom is -0.487 e. The third kappa shape index (κ3) is 2.49. The number of carbonyl (C=O) groups excluding carboxylic acids is 1. The summed E-state index contributed by atoms with van der Waals surface area (Å²) in [7, 11) is 0. The number of para-hydroxylation sites is 1. The Labute approximate surface area is 149 Å². The van der Waals surface area contributed by atoms with Gasteiger partial charge in [0.15, 0.2) is 0 Å². The second-order valence-corrected chi connectivity index (χ2v) is 8.73. The first-order valence-corrected chi connectivity index (χ1v) is 9.99. The molecule has 0 aromatic heterocycles. The fourth-order valence-electron chi connectivity index (χ4n) is 6.07. The molecule has 4 heteroatoms. The van der Waals surface area contributed by atoms with Gasteiger partial charge in [-0.05, 0) is 62.8 Å². The van der Waals surface area contributed by atoms with Crippen LogP contribution in [-0.2, 0) is 4.79 Å². The molecule has 1 aliphatic heterocycles. The second kappa shape index (κ2) is 5.73. The molecule has 25 heavy (non-hydrogen) atoms. The average Bonchev–Trinajstić information content (AvgIpc) is 3.31. The molecular weight excluding hydrogens is 312 g/mol. The number of fused-ring (bicyclic) bond motifs is 3. The van der Waals surface area contributed by atoms with Crippen LogP contribution in [-0.4, -0.2) is 17.6 Å². The second-order valence-electron chi connectivity index (χ2n) is 8.73. The lowest BCUT2D eigenvalue weighted by Crippen LogP contribution is -2.49. The van der Waals surface area contributed by atoms with E-state index in [4.69, 9.17) is 10.5 Å². The summed E-state index contributed by atoms with van der Waals surface area (Å²) in [5.74, 6) is 2.19. The van der Waals surface area contributed by atoms with Crippen molar-refractivity contribution in [3.8, 4) is 5.75 Å². The molecule has 1 amide bonds. The monoisotopic (exact) mass is 340 g/mol. The Morgan fingerprint density at radius 3 is 2.68 bits per heavy atom. The standard InChI is InChI=1S/C21H28N2O2/c22-19-14-8-7-13(11-14)18(19)20(24)23-16-12-21(9-3-4-10-21)25-17-6-2-1-5-15(16)17/h1-2,5-6,13-14,16,18-19H,3-4,7-12,22H2,(H,23,24). The molecule has 0 radical (unpaired) electrons. The highest BCUT2D eigenvalue weighted by Crippen LogP contribution is 2.49. The van der Waals surface area contributed by atoms with Crippen molar-refractivity contribution in [2.75, 3.05) is 0 Å². The van der Waals surface area contributed by atoms with Gasteiger partial charge < -0.3 is 15.8 Å². The van der Waals surface area contributed by atoms with E-state index in [1.165, 1.54) is 25.7 Å². The topological polar surface area (TPSA) is 64.4 Å². The fourth-order valence-corrected chi connectivity index (χ4v) is 6.07. The summed E-state index contributed by atoms with van der Waals surface area (Å²) >= 11 is 0. The maximum absolute atomic E-state index is 13.1. The van der Waals surface area contributed by atoms with E-state index >= 15 is 0 Å². The molecule has 5 rings (SSSR count). The zero-order valence-corrected chi connectivity index (χ0v) is 14.7. The van der Waals surface area contributed by atoms with Gasteiger partial charge in [0.25, 0.3) is 0 Å². The van der Waals surface area contributed by atoms with Gasteiger partial charge in [0, 0.05) is 18.0 Å². The Kier molecular flexibility index (Phi) is 3.60. The molecule has 4 nitrogen and oxygen atoms in total. The Bertz CT molecular complexity index is 680. The molecule has 0 saturated heterocycles. The molecule has 5 unspecified atom stereocenters. The SMILES string of the molecule is NC1C2CCC(C2)C1C(=O)NC1CC2(CCCC2)Oc2ccccc21. The number of amides is 1. The largest absolute Gasteiger partial charge is 0.487 e. The molecule has 3 N–H and O–H groups in total. The number of rotatable bonds is 2. The number of nitrogens with one attached hydrogen (secondary N) is 1. The highest BCUT2D eigenvalue weighted by atomic mass is 16.5. The summed E-state index contributed by atoms with van der Waals surface area (Å²) in [6.45, 7) is 0. The summed E-state index contributed by atoms with van der Waals surface area (Å²) in [6.07, 6.45) is 9.06.